The summed E-state index contributed by atoms with van der Waals surface area (Å²) in [6, 6.07) is 19.0. The van der Waals surface area contributed by atoms with Gasteiger partial charge in [-0.1, -0.05) is 36.4 Å². The van der Waals surface area contributed by atoms with Gasteiger partial charge in [0.1, 0.15) is 11.7 Å². The highest BCUT2D eigenvalue weighted by Gasteiger charge is 2.36. The van der Waals surface area contributed by atoms with E-state index in [-0.39, 0.29) is 11.4 Å². The second kappa shape index (κ2) is 9.94. The number of benzene rings is 2. The van der Waals surface area contributed by atoms with Crippen LogP contribution < -0.4 is 9.47 Å². The molecule has 2 aromatic carbocycles. The lowest BCUT2D eigenvalue weighted by Gasteiger charge is -2.20. The Kier molecular flexibility index (Phi) is 6.40. The van der Waals surface area contributed by atoms with E-state index in [1.165, 1.54) is 16.8 Å². The fraction of sp³-hybridized carbons (Fsp3) is 0.115. The number of carbonyl (C=O) groups is 1. The van der Waals surface area contributed by atoms with E-state index >= 15 is 0 Å². The number of aliphatic imine (C=N–C) groups is 1. The highest BCUT2D eigenvalue weighted by atomic mass is 32.2. The number of nitrogens with one attached hydrogen (secondary N) is 1. The Labute approximate surface area is 206 Å². The maximum absolute atomic E-state index is 12.8. The predicted octanol–water partition coefficient (Wildman–Crippen LogP) is 4.73. The molecule has 2 aliphatic heterocycles. The Bertz CT molecular complexity index is 1370. The Balaban J connectivity index is 1.39. The summed E-state index contributed by atoms with van der Waals surface area (Å²) in [4.78, 5) is 21.0. The number of hydrogen-bond acceptors (Lipinski definition) is 7. The van der Waals surface area contributed by atoms with Gasteiger partial charge in [-0.3, -0.25) is 15.2 Å². The summed E-state index contributed by atoms with van der Waals surface area (Å²) in [5.74, 6) is 0.641. The van der Waals surface area contributed by atoms with Crippen LogP contribution in [-0.4, -0.2) is 38.6 Å². The van der Waals surface area contributed by atoms with Crippen LogP contribution in [0.5, 0.6) is 11.5 Å². The van der Waals surface area contributed by atoms with Crippen molar-refractivity contribution in [3.63, 3.8) is 0 Å². The average molecular weight is 484 g/mol. The number of carbonyl (C=O) groups excluding carboxylic acids is 1. The van der Waals surface area contributed by atoms with Crippen molar-refractivity contribution < 1.29 is 14.3 Å². The van der Waals surface area contributed by atoms with Crippen LogP contribution in [0.25, 0.3) is 6.08 Å². The maximum atomic E-state index is 12.8. The van der Waals surface area contributed by atoms with Gasteiger partial charge in [-0.25, -0.2) is 0 Å². The first-order valence-electron chi connectivity index (χ1n) is 11.0. The molecule has 0 bridgehead atoms. The van der Waals surface area contributed by atoms with E-state index in [1.54, 1.807) is 30.6 Å². The lowest BCUT2D eigenvalue weighted by Crippen LogP contribution is -2.35. The quantitative estimate of drug-likeness (QED) is 0.488. The molecule has 0 spiro atoms. The van der Waals surface area contributed by atoms with Crippen molar-refractivity contribution in [2.75, 3.05) is 6.61 Å². The third-order valence-corrected chi connectivity index (χ3v) is 6.14. The first-order chi connectivity index (χ1) is 17.1. The molecule has 3 heterocycles. The molecule has 0 saturated carbocycles. The van der Waals surface area contributed by atoms with Crippen molar-refractivity contribution in [1.29, 1.82) is 5.41 Å². The van der Waals surface area contributed by atoms with Crippen LogP contribution >= 0.6 is 11.8 Å². The number of hydrogen-bond donors (Lipinski definition) is 1. The van der Waals surface area contributed by atoms with Gasteiger partial charge in [0.25, 0.3) is 5.91 Å². The van der Waals surface area contributed by atoms with Gasteiger partial charge in [0.15, 0.2) is 17.3 Å². The highest BCUT2D eigenvalue weighted by Crippen LogP contribution is 2.33. The third kappa shape index (κ3) is 4.85. The summed E-state index contributed by atoms with van der Waals surface area (Å²) in [5, 5.41) is 15.5. The lowest BCUT2D eigenvalue weighted by molar-refractivity contribution is -0.114. The smallest absolute Gasteiger partial charge is 0.283 e. The molecule has 2 aliphatic rings. The number of fused-ring (bicyclic) bond motifs is 1. The van der Waals surface area contributed by atoms with Gasteiger partial charge in [-0.05, 0) is 60.2 Å². The SMILES string of the molecule is CCOc1cc(C=C2C(=N)N3N=C(c4cccnc4)SC3=NC2=O)ccc1OCc1ccccc1. The van der Waals surface area contributed by atoms with Gasteiger partial charge in [0.05, 0.1) is 12.2 Å². The van der Waals surface area contributed by atoms with E-state index in [0.29, 0.717) is 40.5 Å². The number of rotatable bonds is 7. The zero-order valence-corrected chi connectivity index (χ0v) is 19.7. The van der Waals surface area contributed by atoms with Crippen molar-refractivity contribution >= 4 is 39.8 Å². The van der Waals surface area contributed by atoms with Gasteiger partial charge in [0.2, 0.25) is 5.17 Å². The molecule has 174 valence electrons. The molecular weight excluding hydrogens is 462 g/mol. The van der Waals surface area contributed by atoms with Gasteiger partial charge < -0.3 is 9.47 Å². The van der Waals surface area contributed by atoms with Crippen LogP contribution in [0.15, 0.2) is 88.7 Å². The molecule has 5 rings (SSSR count). The number of pyridine rings is 1. The average Bonchev–Trinajstić information content (AvgIpc) is 3.32. The van der Waals surface area contributed by atoms with Crippen molar-refractivity contribution in [3.8, 4) is 11.5 Å². The van der Waals surface area contributed by atoms with Gasteiger partial charge in [-0.2, -0.15) is 15.1 Å². The van der Waals surface area contributed by atoms with Gasteiger partial charge in [-0.15, -0.1) is 0 Å². The Hall–Kier alpha value is -4.24. The zero-order chi connectivity index (χ0) is 24.2. The summed E-state index contributed by atoms with van der Waals surface area (Å²) in [6.45, 7) is 2.76. The first-order valence-corrected chi connectivity index (χ1v) is 11.8. The molecule has 0 radical (unpaired) electrons. The first kappa shape index (κ1) is 22.5. The second-order valence-corrected chi connectivity index (χ2v) is 8.54. The van der Waals surface area contributed by atoms with E-state index in [4.69, 9.17) is 14.9 Å². The lowest BCUT2D eigenvalue weighted by atomic mass is 10.1. The van der Waals surface area contributed by atoms with Crippen LogP contribution in [-0.2, 0) is 11.4 Å². The fourth-order valence-corrected chi connectivity index (χ4v) is 4.38. The topological polar surface area (TPSA) is 100 Å². The molecule has 8 nitrogen and oxygen atoms in total. The summed E-state index contributed by atoms with van der Waals surface area (Å²) in [7, 11) is 0. The molecule has 3 aromatic rings. The number of amides is 1. The monoisotopic (exact) mass is 483 g/mol. The molecule has 1 aromatic heterocycles. The molecule has 1 N–H and O–H groups in total. The number of nitrogens with zero attached hydrogens (tertiary/aromatic N) is 4. The van der Waals surface area contributed by atoms with E-state index in [9.17, 15) is 4.79 Å². The molecular formula is C26H21N5O3S. The maximum Gasteiger partial charge on any atom is 0.283 e. The van der Waals surface area contributed by atoms with E-state index in [2.05, 4.69) is 15.1 Å². The van der Waals surface area contributed by atoms with Crippen LogP contribution in [0.2, 0.25) is 0 Å². The van der Waals surface area contributed by atoms with Crippen LogP contribution in [0, 0.1) is 5.41 Å². The molecule has 0 atom stereocenters. The van der Waals surface area contributed by atoms with Crippen molar-refractivity contribution in [3.05, 3.63) is 95.3 Å². The van der Waals surface area contributed by atoms with Crippen LogP contribution in [0.3, 0.4) is 0 Å². The molecule has 0 unspecified atom stereocenters. The molecule has 35 heavy (non-hydrogen) atoms. The minimum Gasteiger partial charge on any atom is -0.490 e. The third-order valence-electron chi connectivity index (χ3n) is 5.18. The van der Waals surface area contributed by atoms with Gasteiger partial charge >= 0.3 is 0 Å². The number of thioether (sulfide) groups is 1. The Morgan fingerprint density at radius 3 is 2.69 bits per heavy atom. The standard InChI is InChI=1S/C26H21N5O3S/c1-2-33-22-14-18(10-11-21(22)34-16-17-7-4-3-5-8-17)13-20-23(27)31-26(29-24(20)32)35-25(30-31)19-9-6-12-28-15-19/h3-15,27H,2,16H2,1H3. The molecule has 0 fully saturated rings. The van der Waals surface area contributed by atoms with E-state index in [0.717, 1.165) is 11.1 Å². The minimum absolute atomic E-state index is 0.0336. The normalized spacial score (nSPS) is 16.1. The predicted molar refractivity (Wildman–Crippen MR) is 137 cm³/mol. The fourth-order valence-electron chi connectivity index (χ4n) is 3.50. The molecule has 9 heteroatoms. The van der Waals surface area contributed by atoms with Crippen LogP contribution in [0.1, 0.15) is 23.6 Å². The largest absolute Gasteiger partial charge is 0.490 e. The van der Waals surface area contributed by atoms with Crippen molar-refractivity contribution in [2.24, 2.45) is 10.1 Å². The second-order valence-electron chi connectivity index (χ2n) is 7.58. The zero-order valence-electron chi connectivity index (χ0n) is 18.8. The molecule has 1 amide bonds. The summed E-state index contributed by atoms with van der Waals surface area (Å²) in [6.07, 6.45) is 4.98. The number of aromatic nitrogens is 1. The number of hydrazone groups is 1. The van der Waals surface area contributed by atoms with E-state index < -0.39 is 5.91 Å². The highest BCUT2D eigenvalue weighted by molar-refractivity contribution is 8.27. The minimum atomic E-state index is -0.487. The molecule has 0 saturated heterocycles. The number of ether oxygens (including phenoxy) is 2. The van der Waals surface area contributed by atoms with E-state index in [1.807, 2.05) is 55.5 Å². The van der Waals surface area contributed by atoms with Crippen LogP contribution in [0.4, 0.5) is 0 Å². The summed E-state index contributed by atoms with van der Waals surface area (Å²) >= 11 is 1.24. The molecule has 0 aliphatic carbocycles. The Morgan fingerprint density at radius 1 is 1.06 bits per heavy atom. The summed E-state index contributed by atoms with van der Waals surface area (Å²) in [5.41, 5.74) is 2.68. The van der Waals surface area contributed by atoms with Gasteiger partial charge in [0, 0.05) is 18.0 Å². The van der Waals surface area contributed by atoms with Crippen molar-refractivity contribution in [2.45, 2.75) is 13.5 Å². The Morgan fingerprint density at radius 2 is 1.91 bits per heavy atom. The van der Waals surface area contributed by atoms with Crippen molar-refractivity contribution in [1.82, 2.24) is 9.99 Å². The summed E-state index contributed by atoms with van der Waals surface area (Å²) < 4.78 is 11.7. The number of amidine groups is 2.